The first-order chi connectivity index (χ1) is 16.9. The molecule has 4 heterocycles. The molecule has 2 aromatic rings. The Labute approximate surface area is 207 Å². The van der Waals surface area contributed by atoms with Gasteiger partial charge in [0.15, 0.2) is 0 Å². The summed E-state index contributed by atoms with van der Waals surface area (Å²) in [5, 5.41) is 6.32. The number of pyridine rings is 1. The van der Waals surface area contributed by atoms with Crippen molar-refractivity contribution >= 4 is 41.0 Å². The number of amides is 4. The van der Waals surface area contributed by atoms with E-state index < -0.39 is 11.3 Å². The van der Waals surface area contributed by atoms with Crippen LogP contribution in [0.25, 0.3) is 0 Å². The number of methoxy groups -OCH3 is 1. The number of rotatable bonds is 5. The summed E-state index contributed by atoms with van der Waals surface area (Å²) in [6.07, 6.45) is 4.57. The zero-order chi connectivity index (χ0) is 24.7. The number of thioether (sulfide) groups is 1. The largest absolute Gasteiger partial charge is 0.497 e. The molecule has 0 radical (unpaired) electrons. The lowest BCUT2D eigenvalue weighted by molar-refractivity contribution is -0.129. The minimum absolute atomic E-state index is 0.131. The van der Waals surface area contributed by atoms with Crippen LogP contribution in [0.4, 0.5) is 16.2 Å². The van der Waals surface area contributed by atoms with Gasteiger partial charge in [0.25, 0.3) is 0 Å². The van der Waals surface area contributed by atoms with Gasteiger partial charge in [-0.2, -0.15) is 0 Å². The second kappa shape index (κ2) is 9.26. The molecule has 2 N–H and O–H groups in total. The lowest BCUT2D eigenvalue weighted by atomic mass is 9.98. The summed E-state index contributed by atoms with van der Waals surface area (Å²) in [4.78, 5) is 46.5. The average Bonchev–Trinajstić information content (AvgIpc) is 3.24. The number of anilines is 2. The molecule has 5 rings (SSSR count). The highest BCUT2D eigenvalue weighted by molar-refractivity contribution is 8.01. The van der Waals surface area contributed by atoms with Crippen LogP contribution in [0.15, 0.2) is 48.1 Å². The van der Waals surface area contributed by atoms with E-state index in [9.17, 15) is 14.4 Å². The summed E-state index contributed by atoms with van der Waals surface area (Å²) in [6, 6.07) is 6.44. The highest BCUT2D eigenvalue weighted by Gasteiger charge is 2.47. The predicted molar refractivity (Wildman–Crippen MR) is 133 cm³/mol. The molecular formula is C25H27N5O4S. The van der Waals surface area contributed by atoms with Crippen LogP contribution in [0.3, 0.4) is 0 Å². The van der Waals surface area contributed by atoms with Gasteiger partial charge in [0.1, 0.15) is 16.0 Å². The molecule has 1 aromatic carbocycles. The molecule has 182 valence electrons. The van der Waals surface area contributed by atoms with Crippen LogP contribution in [0.5, 0.6) is 5.75 Å². The van der Waals surface area contributed by atoms with Crippen molar-refractivity contribution in [2.45, 2.75) is 42.1 Å². The number of hydrogen-bond acceptors (Lipinski definition) is 6. The lowest BCUT2D eigenvalue weighted by Gasteiger charge is -2.36. The molecule has 0 bridgehead atoms. The Hall–Kier alpha value is -3.53. The molecule has 2 unspecified atom stereocenters. The molecule has 1 fully saturated rings. The van der Waals surface area contributed by atoms with E-state index in [2.05, 4.69) is 22.2 Å². The molecule has 9 nitrogen and oxygen atoms in total. The molecule has 10 heteroatoms. The molecule has 3 aliphatic rings. The van der Waals surface area contributed by atoms with Crippen molar-refractivity contribution in [1.82, 2.24) is 20.5 Å². The Morgan fingerprint density at radius 3 is 2.89 bits per heavy atom. The van der Waals surface area contributed by atoms with Crippen LogP contribution in [-0.2, 0) is 9.59 Å². The van der Waals surface area contributed by atoms with Crippen molar-refractivity contribution < 1.29 is 19.1 Å². The minimum Gasteiger partial charge on any atom is -0.497 e. The first-order valence-electron chi connectivity index (χ1n) is 11.5. The van der Waals surface area contributed by atoms with E-state index in [-0.39, 0.29) is 23.9 Å². The van der Waals surface area contributed by atoms with E-state index in [0.717, 1.165) is 40.4 Å². The first-order valence-corrected chi connectivity index (χ1v) is 12.4. The Morgan fingerprint density at radius 1 is 1.31 bits per heavy atom. The van der Waals surface area contributed by atoms with Crippen molar-refractivity contribution in [3.05, 3.63) is 54.2 Å². The quantitative estimate of drug-likeness (QED) is 0.621. The van der Waals surface area contributed by atoms with E-state index in [1.807, 2.05) is 31.2 Å². The third-order valence-corrected chi connectivity index (χ3v) is 7.95. The number of piperidine rings is 1. The van der Waals surface area contributed by atoms with Crippen molar-refractivity contribution in [2.75, 3.05) is 25.1 Å². The van der Waals surface area contributed by atoms with Gasteiger partial charge in [-0.15, -0.1) is 0 Å². The second-order valence-corrected chi connectivity index (χ2v) is 9.97. The molecule has 4 amide bonds. The molecule has 35 heavy (non-hydrogen) atoms. The second-order valence-electron chi connectivity index (χ2n) is 8.84. The van der Waals surface area contributed by atoms with Crippen molar-refractivity contribution in [2.24, 2.45) is 0 Å². The van der Waals surface area contributed by atoms with E-state index in [4.69, 9.17) is 4.74 Å². The molecule has 0 saturated carbocycles. The highest BCUT2D eigenvalue weighted by atomic mass is 32.2. The lowest BCUT2D eigenvalue weighted by Crippen LogP contribution is -2.53. The van der Waals surface area contributed by atoms with Crippen LogP contribution in [-0.4, -0.2) is 59.2 Å². The molecular weight excluding hydrogens is 466 g/mol. The number of urea groups is 1. The maximum absolute atomic E-state index is 13.4. The summed E-state index contributed by atoms with van der Waals surface area (Å²) in [5.41, 5.74) is 3.20. The number of ether oxygens (including phenoxy) is 1. The zero-order valence-electron chi connectivity index (χ0n) is 19.6. The van der Waals surface area contributed by atoms with Crippen molar-refractivity contribution in [3.63, 3.8) is 0 Å². The van der Waals surface area contributed by atoms with E-state index in [0.29, 0.717) is 18.8 Å². The molecule has 1 aromatic heterocycles. The molecule has 1 saturated heterocycles. The monoisotopic (exact) mass is 493 g/mol. The number of carbonyl (C=O) groups is 3. The SMILES string of the molecule is C=CC(=O)N1CCCC(NC(=O)[C@@H]2Sc3nccc4c3C2NC(=O)N4c2ccc(OC)cc2C)C1. The predicted octanol–water partition coefficient (Wildman–Crippen LogP) is 3.07. The summed E-state index contributed by atoms with van der Waals surface area (Å²) in [7, 11) is 1.60. The minimum atomic E-state index is -0.549. The number of aryl methyl sites for hydroxylation is 1. The Bertz CT molecular complexity index is 1220. The number of benzene rings is 1. The smallest absolute Gasteiger partial charge is 0.327 e. The number of nitrogens with zero attached hydrogens (tertiary/aromatic N) is 3. The summed E-state index contributed by atoms with van der Waals surface area (Å²) < 4.78 is 5.31. The Balaban J connectivity index is 1.39. The topological polar surface area (TPSA) is 104 Å². The summed E-state index contributed by atoms with van der Waals surface area (Å²) in [6.45, 7) is 6.59. The van der Waals surface area contributed by atoms with Crippen molar-refractivity contribution in [1.29, 1.82) is 0 Å². The molecule has 3 atom stereocenters. The van der Waals surface area contributed by atoms with Gasteiger partial charge in [0.05, 0.1) is 24.5 Å². The Kier molecular flexibility index (Phi) is 6.14. The van der Waals surface area contributed by atoms with E-state index in [1.165, 1.54) is 17.8 Å². The zero-order valence-corrected chi connectivity index (χ0v) is 20.4. The van der Waals surface area contributed by atoms with Gasteiger partial charge in [-0.3, -0.25) is 14.5 Å². The third kappa shape index (κ3) is 4.12. The van der Waals surface area contributed by atoms with Gasteiger partial charge in [0, 0.05) is 30.9 Å². The fourth-order valence-electron chi connectivity index (χ4n) is 4.98. The van der Waals surface area contributed by atoms with E-state index >= 15 is 0 Å². The number of nitrogens with one attached hydrogen (secondary N) is 2. The van der Waals surface area contributed by atoms with Gasteiger partial charge in [-0.25, -0.2) is 9.78 Å². The molecule has 0 spiro atoms. The van der Waals surface area contributed by atoms with Crippen LogP contribution >= 0.6 is 11.8 Å². The summed E-state index contributed by atoms with van der Waals surface area (Å²) >= 11 is 1.36. The van der Waals surface area contributed by atoms with Gasteiger partial charge in [0.2, 0.25) is 11.8 Å². The number of aromatic nitrogens is 1. The van der Waals surface area contributed by atoms with Crippen LogP contribution < -0.4 is 20.3 Å². The normalized spacial score (nSPS) is 22.8. The van der Waals surface area contributed by atoms with Crippen LogP contribution in [0.2, 0.25) is 0 Å². The maximum Gasteiger partial charge on any atom is 0.327 e. The fourth-order valence-corrected chi connectivity index (χ4v) is 6.21. The molecule has 3 aliphatic heterocycles. The van der Waals surface area contributed by atoms with E-state index in [1.54, 1.807) is 23.1 Å². The maximum atomic E-state index is 13.4. The molecule has 0 aliphatic carbocycles. The summed E-state index contributed by atoms with van der Waals surface area (Å²) in [5.74, 6) is 0.412. The highest BCUT2D eigenvalue weighted by Crippen LogP contribution is 2.51. The van der Waals surface area contributed by atoms with Gasteiger partial charge < -0.3 is 20.3 Å². The average molecular weight is 494 g/mol. The number of hydrogen-bond donors (Lipinski definition) is 2. The van der Waals surface area contributed by atoms with Gasteiger partial charge in [-0.1, -0.05) is 18.3 Å². The van der Waals surface area contributed by atoms with Crippen LogP contribution in [0.1, 0.15) is 30.0 Å². The van der Waals surface area contributed by atoms with Crippen molar-refractivity contribution in [3.8, 4) is 5.75 Å². The number of likely N-dealkylation sites (tertiary alicyclic amines) is 1. The Morgan fingerprint density at radius 2 is 2.14 bits per heavy atom. The van der Waals surface area contributed by atoms with Gasteiger partial charge in [-0.05, 0) is 55.7 Å². The van der Waals surface area contributed by atoms with Gasteiger partial charge >= 0.3 is 6.03 Å². The number of carbonyl (C=O) groups excluding carboxylic acids is 3. The fraction of sp³-hybridized carbons (Fsp3) is 0.360. The van der Waals surface area contributed by atoms with Crippen LogP contribution in [0, 0.1) is 6.92 Å². The standard InChI is InChI=1S/C25H27N5O4S/c1-4-19(31)29-11-5-6-15(13-29)27-23(32)22-21-20-18(9-10-26-24(20)35-22)30(25(33)28-21)17-8-7-16(34-3)12-14(17)2/h4,7-10,12,15,21-22H,1,5-6,11,13H2,2-3H3,(H,27,32)(H,28,33)/t15?,21?,22-/m1/s1. The third-order valence-electron chi connectivity index (χ3n) is 6.66. The first kappa shape index (κ1) is 23.2.